The van der Waals surface area contributed by atoms with Crippen molar-refractivity contribution in [3.63, 3.8) is 0 Å². The number of nitrogens with one attached hydrogen (secondary N) is 1. The van der Waals surface area contributed by atoms with Gasteiger partial charge >= 0.3 is 0 Å². The summed E-state index contributed by atoms with van der Waals surface area (Å²) in [5.74, 6) is 5.53. The van der Waals surface area contributed by atoms with Crippen LogP contribution < -0.4 is 11.1 Å². The van der Waals surface area contributed by atoms with Gasteiger partial charge in [0.25, 0.3) is 5.69 Å². The van der Waals surface area contributed by atoms with E-state index in [0.29, 0.717) is 17.4 Å². The van der Waals surface area contributed by atoms with E-state index in [9.17, 15) is 14.5 Å². The standard InChI is InChI=1S/C22H19ClFN5O2/c1-22(7-3-9-26-12-22)8-6-13-10-17-15(11-18(13)29(30)31)20(25)28-21(27-17)14-4-2-5-16(23)19(14)24/h2,4-5,10-11,26H,3,7,9,12H2,1H3,(H2,25,27,28). The molecule has 1 unspecified atom stereocenters. The number of aromatic nitrogens is 2. The Balaban J connectivity index is 1.87. The van der Waals surface area contributed by atoms with Crippen molar-refractivity contribution < 1.29 is 9.31 Å². The number of nitrogen functional groups attached to an aromatic ring is 1. The number of benzene rings is 2. The van der Waals surface area contributed by atoms with Crippen LogP contribution in [-0.2, 0) is 0 Å². The van der Waals surface area contributed by atoms with Crippen LogP contribution in [-0.4, -0.2) is 28.0 Å². The number of halogens is 2. The minimum absolute atomic E-state index is 0.00503. The van der Waals surface area contributed by atoms with E-state index in [0.717, 1.165) is 19.4 Å². The monoisotopic (exact) mass is 439 g/mol. The zero-order valence-electron chi connectivity index (χ0n) is 16.7. The number of rotatable bonds is 2. The van der Waals surface area contributed by atoms with Crippen LogP contribution in [0.3, 0.4) is 0 Å². The molecule has 158 valence electrons. The molecule has 31 heavy (non-hydrogen) atoms. The zero-order valence-corrected chi connectivity index (χ0v) is 17.5. The molecule has 9 heteroatoms. The Morgan fingerprint density at radius 3 is 2.87 bits per heavy atom. The Labute approximate surface area is 183 Å². The summed E-state index contributed by atoms with van der Waals surface area (Å²) in [6.45, 7) is 3.68. The average Bonchev–Trinajstić information content (AvgIpc) is 2.74. The fraction of sp³-hybridized carbons (Fsp3) is 0.273. The van der Waals surface area contributed by atoms with Crippen LogP contribution in [0.4, 0.5) is 15.9 Å². The van der Waals surface area contributed by atoms with E-state index in [4.69, 9.17) is 17.3 Å². The van der Waals surface area contributed by atoms with Crippen LogP contribution >= 0.6 is 11.6 Å². The van der Waals surface area contributed by atoms with Gasteiger partial charge in [-0.1, -0.05) is 29.5 Å². The predicted molar refractivity (Wildman–Crippen MR) is 118 cm³/mol. The summed E-state index contributed by atoms with van der Waals surface area (Å²) in [6, 6.07) is 7.31. The van der Waals surface area contributed by atoms with Gasteiger partial charge in [-0.05, 0) is 44.5 Å². The van der Waals surface area contributed by atoms with Gasteiger partial charge in [-0.2, -0.15) is 0 Å². The van der Waals surface area contributed by atoms with Crippen molar-refractivity contribution in [1.29, 1.82) is 0 Å². The smallest absolute Gasteiger partial charge is 0.285 e. The summed E-state index contributed by atoms with van der Waals surface area (Å²) in [5.41, 5.74) is 6.24. The molecule has 1 atom stereocenters. The Kier molecular flexibility index (Phi) is 5.48. The molecule has 0 saturated carbocycles. The minimum Gasteiger partial charge on any atom is -0.383 e. The van der Waals surface area contributed by atoms with E-state index in [1.165, 1.54) is 24.3 Å². The Morgan fingerprint density at radius 1 is 1.35 bits per heavy atom. The third-order valence-electron chi connectivity index (χ3n) is 5.33. The second-order valence-corrected chi connectivity index (χ2v) is 8.18. The summed E-state index contributed by atoms with van der Waals surface area (Å²) in [5, 5.41) is 15.2. The molecular formula is C22H19ClFN5O2. The maximum absolute atomic E-state index is 14.5. The van der Waals surface area contributed by atoms with Crippen molar-refractivity contribution in [2.45, 2.75) is 19.8 Å². The molecule has 0 amide bonds. The van der Waals surface area contributed by atoms with Crippen molar-refractivity contribution in [1.82, 2.24) is 15.3 Å². The van der Waals surface area contributed by atoms with E-state index < -0.39 is 10.7 Å². The first kappa shape index (κ1) is 21.0. The summed E-state index contributed by atoms with van der Waals surface area (Å²) in [7, 11) is 0. The van der Waals surface area contributed by atoms with Gasteiger partial charge in [0.15, 0.2) is 11.6 Å². The second kappa shape index (κ2) is 8.10. The van der Waals surface area contributed by atoms with Crippen LogP contribution in [0.5, 0.6) is 0 Å². The molecule has 1 fully saturated rings. The van der Waals surface area contributed by atoms with Gasteiger partial charge in [0.05, 0.1) is 21.0 Å². The Hall–Kier alpha value is -3.28. The first-order chi connectivity index (χ1) is 14.8. The van der Waals surface area contributed by atoms with E-state index in [2.05, 4.69) is 27.1 Å². The fourth-order valence-electron chi connectivity index (χ4n) is 3.62. The molecule has 0 spiro atoms. The molecule has 7 nitrogen and oxygen atoms in total. The highest BCUT2D eigenvalue weighted by Gasteiger charge is 2.25. The highest BCUT2D eigenvalue weighted by molar-refractivity contribution is 6.31. The van der Waals surface area contributed by atoms with E-state index in [1.807, 2.05) is 6.92 Å². The van der Waals surface area contributed by atoms with Crippen molar-refractivity contribution in [2.24, 2.45) is 5.41 Å². The van der Waals surface area contributed by atoms with Gasteiger partial charge in [-0.3, -0.25) is 10.1 Å². The second-order valence-electron chi connectivity index (χ2n) is 7.77. The van der Waals surface area contributed by atoms with Crippen LogP contribution in [0.25, 0.3) is 22.3 Å². The molecule has 0 aliphatic carbocycles. The van der Waals surface area contributed by atoms with Crippen LogP contribution in [0.15, 0.2) is 30.3 Å². The molecule has 1 aliphatic heterocycles. The third kappa shape index (κ3) is 4.15. The number of nitrogens with zero attached hydrogens (tertiary/aromatic N) is 3. The topological polar surface area (TPSA) is 107 Å². The van der Waals surface area contributed by atoms with Gasteiger partial charge in [0.2, 0.25) is 0 Å². The molecule has 0 radical (unpaired) electrons. The number of nitrogens with two attached hydrogens (primary N) is 1. The zero-order chi connectivity index (χ0) is 22.2. The quantitative estimate of drug-likeness (QED) is 0.350. The molecule has 4 rings (SSSR count). The molecule has 1 aliphatic rings. The molecule has 2 heterocycles. The van der Waals surface area contributed by atoms with Crippen LogP contribution in [0.2, 0.25) is 5.02 Å². The normalized spacial score (nSPS) is 18.4. The lowest BCUT2D eigenvalue weighted by atomic mass is 9.83. The highest BCUT2D eigenvalue weighted by Crippen LogP contribution is 2.32. The van der Waals surface area contributed by atoms with Crippen LogP contribution in [0, 0.1) is 33.2 Å². The lowest BCUT2D eigenvalue weighted by Gasteiger charge is -2.28. The number of anilines is 1. The number of fused-ring (bicyclic) bond motifs is 1. The molecular weight excluding hydrogens is 421 g/mol. The summed E-state index contributed by atoms with van der Waals surface area (Å²) in [4.78, 5) is 19.7. The maximum Gasteiger partial charge on any atom is 0.285 e. The van der Waals surface area contributed by atoms with E-state index in [1.54, 1.807) is 6.07 Å². The SMILES string of the molecule is CC1(C#Cc2cc3nc(-c4cccc(Cl)c4F)nc(N)c3cc2[N+](=O)[O-])CCCNC1. The first-order valence-corrected chi connectivity index (χ1v) is 10.1. The van der Waals surface area contributed by atoms with Crippen molar-refractivity contribution >= 4 is 34.0 Å². The summed E-state index contributed by atoms with van der Waals surface area (Å²) < 4.78 is 14.5. The Morgan fingerprint density at radius 2 is 2.16 bits per heavy atom. The highest BCUT2D eigenvalue weighted by atomic mass is 35.5. The maximum atomic E-state index is 14.5. The fourth-order valence-corrected chi connectivity index (χ4v) is 3.79. The van der Waals surface area contributed by atoms with Crippen molar-refractivity contribution in [2.75, 3.05) is 18.8 Å². The summed E-state index contributed by atoms with van der Waals surface area (Å²) >= 11 is 5.87. The van der Waals surface area contributed by atoms with Crippen molar-refractivity contribution in [3.8, 4) is 23.2 Å². The van der Waals surface area contributed by atoms with Gasteiger partial charge in [-0.15, -0.1) is 0 Å². The number of nitro benzene ring substituents is 1. The number of hydrogen-bond donors (Lipinski definition) is 2. The van der Waals surface area contributed by atoms with E-state index in [-0.39, 0.29) is 38.9 Å². The lowest BCUT2D eigenvalue weighted by Crippen LogP contribution is -2.36. The average molecular weight is 440 g/mol. The van der Waals surface area contributed by atoms with Gasteiger partial charge in [0.1, 0.15) is 11.4 Å². The molecule has 3 N–H and O–H groups in total. The van der Waals surface area contributed by atoms with E-state index >= 15 is 0 Å². The summed E-state index contributed by atoms with van der Waals surface area (Å²) in [6.07, 6.45) is 1.89. The molecule has 3 aromatic rings. The minimum atomic E-state index is -0.664. The first-order valence-electron chi connectivity index (χ1n) is 9.71. The van der Waals surface area contributed by atoms with Gasteiger partial charge in [0, 0.05) is 23.4 Å². The lowest BCUT2D eigenvalue weighted by molar-refractivity contribution is -0.385. The number of piperidine rings is 1. The number of nitro groups is 1. The molecule has 1 aromatic heterocycles. The Bertz CT molecular complexity index is 1260. The predicted octanol–water partition coefficient (Wildman–Crippen LogP) is 4.32. The van der Waals surface area contributed by atoms with Crippen LogP contribution in [0.1, 0.15) is 25.3 Å². The molecule has 2 aromatic carbocycles. The molecule has 0 bridgehead atoms. The third-order valence-corrected chi connectivity index (χ3v) is 5.62. The van der Waals surface area contributed by atoms with Crippen molar-refractivity contribution in [3.05, 3.63) is 56.8 Å². The molecule has 1 saturated heterocycles. The largest absolute Gasteiger partial charge is 0.383 e. The number of hydrogen-bond acceptors (Lipinski definition) is 6. The van der Waals surface area contributed by atoms with Gasteiger partial charge < -0.3 is 11.1 Å². The van der Waals surface area contributed by atoms with Gasteiger partial charge in [-0.25, -0.2) is 14.4 Å².